The molecule has 2 nitrogen and oxygen atoms in total. The van der Waals surface area contributed by atoms with Crippen molar-refractivity contribution < 1.29 is 0 Å². The summed E-state index contributed by atoms with van der Waals surface area (Å²) in [5.74, 6) is 0. The molecule has 0 radical (unpaired) electrons. The lowest BCUT2D eigenvalue weighted by Gasteiger charge is -2.08. The maximum absolute atomic E-state index is 5.93. The maximum atomic E-state index is 5.93. The second-order valence-electron chi connectivity index (χ2n) is 9.19. The van der Waals surface area contributed by atoms with E-state index in [0.717, 1.165) is 54.6 Å². The van der Waals surface area contributed by atoms with E-state index in [2.05, 4.69) is 86.6 Å². The van der Waals surface area contributed by atoms with Crippen molar-refractivity contribution in [1.29, 1.82) is 0 Å². The van der Waals surface area contributed by atoms with Crippen LogP contribution in [0.4, 0.5) is 11.4 Å². The highest BCUT2D eigenvalue weighted by Gasteiger charge is 2.03. The number of nitrogens with two attached hydrogens (primary N) is 2. The lowest BCUT2D eigenvalue weighted by molar-refractivity contribution is 0.954. The van der Waals surface area contributed by atoms with Gasteiger partial charge in [-0.25, -0.2) is 0 Å². The van der Waals surface area contributed by atoms with Crippen molar-refractivity contribution in [3.63, 3.8) is 0 Å². The third-order valence-corrected chi connectivity index (χ3v) is 6.53. The van der Waals surface area contributed by atoms with Crippen molar-refractivity contribution in [1.82, 2.24) is 0 Å². The number of nitrogen functional groups attached to an aromatic ring is 2. The zero-order chi connectivity index (χ0) is 23.2. The SMILES string of the molecule is Cc1cc(CCc2ccc(Cc3ccc(CCc4ccc(N)c(C)c4)cc3)cc2)ccc1N. The first-order valence-corrected chi connectivity index (χ1v) is 11.8. The van der Waals surface area contributed by atoms with E-state index >= 15 is 0 Å². The van der Waals surface area contributed by atoms with Gasteiger partial charge in [0.15, 0.2) is 0 Å². The molecule has 0 amide bonds. The largest absolute Gasteiger partial charge is 0.399 e. The van der Waals surface area contributed by atoms with Crippen LogP contribution in [0.25, 0.3) is 0 Å². The van der Waals surface area contributed by atoms with E-state index in [1.807, 2.05) is 12.1 Å². The lowest BCUT2D eigenvalue weighted by Crippen LogP contribution is -1.96. The van der Waals surface area contributed by atoms with Gasteiger partial charge in [-0.05, 0) is 103 Å². The van der Waals surface area contributed by atoms with Crippen LogP contribution in [0.1, 0.15) is 44.5 Å². The van der Waals surface area contributed by atoms with Crippen molar-refractivity contribution in [2.75, 3.05) is 11.5 Å². The molecule has 4 rings (SSSR count). The van der Waals surface area contributed by atoms with E-state index in [4.69, 9.17) is 11.5 Å². The van der Waals surface area contributed by atoms with Gasteiger partial charge in [0, 0.05) is 11.4 Å². The highest BCUT2D eigenvalue weighted by molar-refractivity contribution is 5.48. The second-order valence-corrected chi connectivity index (χ2v) is 9.19. The minimum atomic E-state index is 0.869. The summed E-state index contributed by atoms with van der Waals surface area (Å²) < 4.78 is 0. The predicted molar refractivity (Wildman–Crippen MR) is 142 cm³/mol. The summed E-state index contributed by atoms with van der Waals surface area (Å²) in [5, 5.41) is 0. The highest BCUT2D eigenvalue weighted by Crippen LogP contribution is 2.18. The number of benzene rings is 4. The molecule has 4 aromatic rings. The molecular formula is C31H34N2. The molecule has 4 aromatic carbocycles. The molecule has 4 N–H and O–H groups in total. The molecule has 0 aliphatic carbocycles. The molecule has 2 heteroatoms. The van der Waals surface area contributed by atoms with E-state index in [-0.39, 0.29) is 0 Å². The Labute approximate surface area is 198 Å². The Balaban J connectivity index is 1.28. The number of hydrogen-bond donors (Lipinski definition) is 2. The molecule has 0 saturated heterocycles. The molecule has 168 valence electrons. The van der Waals surface area contributed by atoms with Crippen LogP contribution in [0.15, 0.2) is 84.9 Å². The average molecular weight is 435 g/mol. The van der Waals surface area contributed by atoms with Gasteiger partial charge >= 0.3 is 0 Å². The molecule has 0 fully saturated rings. The van der Waals surface area contributed by atoms with Gasteiger partial charge < -0.3 is 11.5 Å². The number of anilines is 2. The van der Waals surface area contributed by atoms with Crippen LogP contribution in [0.5, 0.6) is 0 Å². The van der Waals surface area contributed by atoms with Gasteiger partial charge in [0.05, 0.1) is 0 Å². The smallest absolute Gasteiger partial charge is 0.0343 e. The fraction of sp³-hybridized carbons (Fsp3) is 0.226. The van der Waals surface area contributed by atoms with Crippen LogP contribution in [0.2, 0.25) is 0 Å². The Morgan fingerprint density at radius 2 is 0.727 bits per heavy atom. The summed E-state index contributed by atoms with van der Waals surface area (Å²) in [5.41, 5.74) is 24.1. The summed E-state index contributed by atoms with van der Waals surface area (Å²) in [6.45, 7) is 4.14. The predicted octanol–water partition coefficient (Wildman–Crippen LogP) is 6.63. The Morgan fingerprint density at radius 3 is 1.09 bits per heavy atom. The van der Waals surface area contributed by atoms with Crippen LogP contribution >= 0.6 is 0 Å². The summed E-state index contributed by atoms with van der Waals surface area (Å²) in [4.78, 5) is 0. The van der Waals surface area contributed by atoms with Gasteiger partial charge in [-0.3, -0.25) is 0 Å². The summed E-state index contributed by atoms with van der Waals surface area (Å²) in [6.07, 6.45) is 5.14. The lowest BCUT2D eigenvalue weighted by atomic mass is 9.98. The van der Waals surface area contributed by atoms with Crippen molar-refractivity contribution in [3.05, 3.63) is 129 Å². The fourth-order valence-electron chi connectivity index (χ4n) is 4.25. The normalized spacial score (nSPS) is 11.0. The minimum Gasteiger partial charge on any atom is -0.399 e. The van der Waals surface area contributed by atoms with Crippen molar-refractivity contribution in [3.8, 4) is 0 Å². The zero-order valence-electron chi connectivity index (χ0n) is 19.8. The molecule has 0 aliphatic rings. The van der Waals surface area contributed by atoms with Crippen LogP contribution in [-0.2, 0) is 32.1 Å². The molecule has 0 aromatic heterocycles. The molecule has 0 spiro atoms. The van der Waals surface area contributed by atoms with Crippen LogP contribution < -0.4 is 11.5 Å². The Hall–Kier alpha value is -3.52. The van der Waals surface area contributed by atoms with Crippen molar-refractivity contribution in [2.24, 2.45) is 0 Å². The second kappa shape index (κ2) is 10.4. The Kier molecular flexibility index (Phi) is 7.14. The summed E-state index contributed by atoms with van der Waals surface area (Å²) in [7, 11) is 0. The minimum absolute atomic E-state index is 0.869. The monoisotopic (exact) mass is 434 g/mol. The summed E-state index contributed by atoms with van der Waals surface area (Å²) in [6, 6.07) is 30.8. The van der Waals surface area contributed by atoms with Crippen LogP contribution in [-0.4, -0.2) is 0 Å². The van der Waals surface area contributed by atoms with Crippen LogP contribution in [0, 0.1) is 13.8 Å². The topological polar surface area (TPSA) is 52.0 Å². The Bertz CT molecular complexity index is 1110. The third kappa shape index (κ3) is 6.26. The van der Waals surface area contributed by atoms with Gasteiger partial charge in [0.25, 0.3) is 0 Å². The first-order chi connectivity index (χ1) is 16.0. The van der Waals surface area contributed by atoms with E-state index in [1.165, 1.54) is 33.4 Å². The molecule has 0 saturated carbocycles. The summed E-state index contributed by atoms with van der Waals surface area (Å²) >= 11 is 0. The number of aryl methyl sites for hydroxylation is 6. The van der Waals surface area contributed by atoms with Gasteiger partial charge in [-0.1, -0.05) is 72.8 Å². The average Bonchev–Trinajstić information content (AvgIpc) is 2.82. The van der Waals surface area contributed by atoms with Gasteiger partial charge in [-0.2, -0.15) is 0 Å². The number of rotatable bonds is 8. The zero-order valence-corrected chi connectivity index (χ0v) is 19.8. The van der Waals surface area contributed by atoms with Gasteiger partial charge in [-0.15, -0.1) is 0 Å². The van der Waals surface area contributed by atoms with E-state index in [0.29, 0.717) is 0 Å². The maximum Gasteiger partial charge on any atom is 0.0343 e. The molecule has 0 unspecified atom stereocenters. The molecule has 0 bridgehead atoms. The van der Waals surface area contributed by atoms with Gasteiger partial charge in [0.1, 0.15) is 0 Å². The highest BCUT2D eigenvalue weighted by atomic mass is 14.6. The number of hydrogen-bond acceptors (Lipinski definition) is 2. The molecule has 0 atom stereocenters. The quantitative estimate of drug-likeness (QED) is 0.306. The fourth-order valence-corrected chi connectivity index (χ4v) is 4.25. The van der Waals surface area contributed by atoms with E-state index in [9.17, 15) is 0 Å². The molecular weight excluding hydrogens is 400 g/mol. The van der Waals surface area contributed by atoms with Gasteiger partial charge in [0.2, 0.25) is 0 Å². The third-order valence-electron chi connectivity index (χ3n) is 6.53. The van der Waals surface area contributed by atoms with E-state index < -0.39 is 0 Å². The first-order valence-electron chi connectivity index (χ1n) is 11.8. The molecule has 0 aliphatic heterocycles. The standard InChI is InChI=1S/C31H34N2/c1-22-19-26(15-17-30(22)32)9-3-24-5-11-28(12-6-24)21-29-13-7-25(8-14-29)4-10-27-16-18-31(33)23(2)20-27/h5-8,11-20H,3-4,9-10,21,32-33H2,1-2H3. The van der Waals surface area contributed by atoms with E-state index in [1.54, 1.807) is 0 Å². The molecule has 33 heavy (non-hydrogen) atoms. The molecule has 0 heterocycles. The Morgan fingerprint density at radius 1 is 0.424 bits per heavy atom. The van der Waals surface area contributed by atoms with Crippen molar-refractivity contribution in [2.45, 2.75) is 46.0 Å². The van der Waals surface area contributed by atoms with Crippen molar-refractivity contribution >= 4 is 11.4 Å². The van der Waals surface area contributed by atoms with Crippen LogP contribution in [0.3, 0.4) is 0 Å². The first kappa shape index (κ1) is 22.7.